The van der Waals surface area contributed by atoms with Crippen molar-refractivity contribution in [2.24, 2.45) is 0 Å². The molecule has 0 heterocycles. The molecular formula is C13H12BrFN2O2S. The number of hydrogen-bond acceptors (Lipinski definition) is 3. The zero-order valence-electron chi connectivity index (χ0n) is 10.3. The molecule has 0 radical (unpaired) electrons. The van der Waals surface area contributed by atoms with Crippen LogP contribution in [0.1, 0.15) is 5.56 Å². The Kier molecular flexibility index (Phi) is 4.29. The maximum Gasteiger partial charge on any atom is 0.236 e. The van der Waals surface area contributed by atoms with Crippen molar-refractivity contribution >= 4 is 37.3 Å². The zero-order chi connectivity index (χ0) is 14.8. The van der Waals surface area contributed by atoms with E-state index in [-0.39, 0.29) is 15.9 Å². The second-order valence-corrected chi connectivity index (χ2v) is 6.81. The first-order valence-corrected chi connectivity index (χ1v) is 8.10. The number of nitrogen functional groups attached to an aromatic ring is 1. The highest BCUT2D eigenvalue weighted by Crippen LogP contribution is 2.21. The molecule has 0 unspecified atom stereocenters. The van der Waals surface area contributed by atoms with Crippen molar-refractivity contribution in [1.82, 2.24) is 0 Å². The Balaban J connectivity index is 2.14. The number of rotatable bonds is 4. The molecule has 0 amide bonds. The molecule has 2 aromatic rings. The Labute approximate surface area is 125 Å². The summed E-state index contributed by atoms with van der Waals surface area (Å²) >= 11 is 3.01. The number of hydrogen-bond donors (Lipinski definition) is 2. The number of sulfonamides is 1. The fourth-order valence-electron chi connectivity index (χ4n) is 1.61. The fourth-order valence-corrected chi connectivity index (χ4v) is 3.04. The first kappa shape index (κ1) is 14.8. The third kappa shape index (κ3) is 3.94. The molecule has 0 fully saturated rings. The number of anilines is 2. The highest BCUT2D eigenvalue weighted by Gasteiger charge is 2.12. The molecule has 2 aromatic carbocycles. The van der Waals surface area contributed by atoms with Gasteiger partial charge in [-0.05, 0) is 51.8 Å². The largest absolute Gasteiger partial charge is 0.399 e. The maximum absolute atomic E-state index is 13.3. The molecule has 0 saturated carbocycles. The van der Waals surface area contributed by atoms with E-state index in [1.54, 1.807) is 24.3 Å². The van der Waals surface area contributed by atoms with E-state index in [0.29, 0.717) is 11.3 Å². The minimum Gasteiger partial charge on any atom is -0.399 e. The Hall–Kier alpha value is -1.60. The predicted molar refractivity (Wildman–Crippen MR) is 81.2 cm³/mol. The lowest BCUT2D eigenvalue weighted by Gasteiger charge is -2.09. The third-order valence-corrected chi connectivity index (χ3v) is 4.43. The van der Waals surface area contributed by atoms with E-state index in [1.807, 2.05) is 0 Å². The van der Waals surface area contributed by atoms with Crippen molar-refractivity contribution in [3.63, 3.8) is 0 Å². The summed E-state index contributed by atoms with van der Waals surface area (Å²) in [6.45, 7) is 0. The smallest absolute Gasteiger partial charge is 0.236 e. The van der Waals surface area contributed by atoms with Crippen LogP contribution in [-0.2, 0) is 15.8 Å². The molecule has 3 N–H and O–H groups in total. The maximum atomic E-state index is 13.3. The van der Waals surface area contributed by atoms with Gasteiger partial charge in [0.15, 0.2) is 0 Å². The van der Waals surface area contributed by atoms with Crippen LogP contribution in [-0.4, -0.2) is 8.42 Å². The number of nitrogens with one attached hydrogen (secondary N) is 1. The first-order chi connectivity index (χ1) is 9.35. The third-order valence-electron chi connectivity index (χ3n) is 2.53. The van der Waals surface area contributed by atoms with Gasteiger partial charge in [-0.25, -0.2) is 12.8 Å². The molecule has 0 aliphatic rings. The molecule has 106 valence electrons. The lowest BCUT2D eigenvalue weighted by Crippen LogP contribution is -2.15. The van der Waals surface area contributed by atoms with Gasteiger partial charge in [-0.3, -0.25) is 4.72 Å². The lowest BCUT2D eigenvalue weighted by atomic mass is 10.2. The molecule has 0 saturated heterocycles. The van der Waals surface area contributed by atoms with Gasteiger partial charge in [-0.1, -0.05) is 12.1 Å². The SMILES string of the molecule is Nc1ccc(CS(=O)(=O)Nc2ccc(Br)c(F)c2)cc1. The molecule has 0 spiro atoms. The standard InChI is InChI=1S/C13H12BrFN2O2S/c14-12-6-5-11(7-13(12)15)17-20(18,19)8-9-1-3-10(16)4-2-9/h1-7,17H,8,16H2. The normalized spacial score (nSPS) is 11.3. The topological polar surface area (TPSA) is 72.2 Å². The van der Waals surface area contributed by atoms with E-state index in [4.69, 9.17) is 5.73 Å². The molecule has 7 heteroatoms. The second kappa shape index (κ2) is 5.80. The van der Waals surface area contributed by atoms with E-state index in [1.165, 1.54) is 12.1 Å². The van der Waals surface area contributed by atoms with Crippen LogP contribution in [0.5, 0.6) is 0 Å². The van der Waals surface area contributed by atoms with Crippen molar-refractivity contribution in [2.75, 3.05) is 10.5 Å². The molecule has 20 heavy (non-hydrogen) atoms. The van der Waals surface area contributed by atoms with Crippen molar-refractivity contribution in [1.29, 1.82) is 0 Å². The van der Waals surface area contributed by atoms with E-state index < -0.39 is 15.8 Å². The lowest BCUT2D eigenvalue weighted by molar-refractivity contribution is 0.600. The molecule has 0 aliphatic carbocycles. The predicted octanol–water partition coefficient (Wildman–Crippen LogP) is 3.11. The summed E-state index contributed by atoms with van der Waals surface area (Å²) < 4.78 is 39.9. The molecule has 2 rings (SSSR count). The quantitative estimate of drug-likeness (QED) is 0.824. The van der Waals surface area contributed by atoms with Gasteiger partial charge in [-0.15, -0.1) is 0 Å². The van der Waals surface area contributed by atoms with Gasteiger partial charge in [0.1, 0.15) is 5.82 Å². The average molecular weight is 359 g/mol. The van der Waals surface area contributed by atoms with Gasteiger partial charge >= 0.3 is 0 Å². The summed E-state index contributed by atoms with van der Waals surface area (Å²) in [5, 5.41) is 0. The molecule has 0 bridgehead atoms. The summed E-state index contributed by atoms with van der Waals surface area (Å²) in [5.41, 5.74) is 6.88. The highest BCUT2D eigenvalue weighted by molar-refractivity contribution is 9.10. The Bertz CT molecular complexity index is 718. The monoisotopic (exact) mass is 358 g/mol. The van der Waals surface area contributed by atoms with Crippen LogP contribution < -0.4 is 10.5 Å². The van der Waals surface area contributed by atoms with Crippen LogP contribution in [0.3, 0.4) is 0 Å². The minimum absolute atomic E-state index is 0.182. The van der Waals surface area contributed by atoms with Gasteiger partial charge in [0.05, 0.1) is 15.9 Å². The van der Waals surface area contributed by atoms with Crippen LogP contribution in [0.25, 0.3) is 0 Å². The summed E-state index contributed by atoms with van der Waals surface area (Å²) in [5.74, 6) is -0.733. The molecule has 0 aromatic heterocycles. The molecule has 4 nitrogen and oxygen atoms in total. The van der Waals surface area contributed by atoms with Gasteiger partial charge in [0, 0.05) is 5.69 Å². The van der Waals surface area contributed by atoms with Crippen molar-refractivity contribution in [2.45, 2.75) is 5.75 Å². The minimum atomic E-state index is -3.60. The van der Waals surface area contributed by atoms with Crippen LogP contribution in [0, 0.1) is 5.82 Å². The second-order valence-electron chi connectivity index (χ2n) is 4.23. The van der Waals surface area contributed by atoms with E-state index in [2.05, 4.69) is 20.7 Å². The Morgan fingerprint density at radius 3 is 2.40 bits per heavy atom. The van der Waals surface area contributed by atoms with Crippen LogP contribution >= 0.6 is 15.9 Å². The van der Waals surface area contributed by atoms with Gasteiger partial charge < -0.3 is 5.73 Å². The van der Waals surface area contributed by atoms with Crippen molar-refractivity contribution in [3.05, 3.63) is 58.3 Å². The van der Waals surface area contributed by atoms with Crippen LogP contribution in [0.4, 0.5) is 15.8 Å². The van der Waals surface area contributed by atoms with E-state index in [0.717, 1.165) is 6.07 Å². The summed E-state index contributed by atoms with van der Waals surface area (Å²) in [4.78, 5) is 0. The Morgan fingerprint density at radius 1 is 1.15 bits per heavy atom. The zero-order valence-corrected chi connectivity index (χ0v) is 12.7. The van der Waals surface area contributed by atoms with E-state index >= 15 is 0 Å². The Morgan fingerprint density at radius 2 is 1.80 bits per heavy atom. The average Bonchev–Trinajstić information content (AvgIpc) is 2.36. The highest BCUT2D eigenvalue weighted by atomic mass is 79.9. The molecular weight excluding hydrogens is 347 g/mol. The fraction of sp³-hybridized carbons (Fsp3) is 0.0769. The first-order valence-electron chi connectivity index (χ1n) is 5.66. The van der Waals surface area contributed by atoms with Crippen LogP contribution in [0.15, 0.2) is 46.9 Å². The van der Waals surface area contributed by atoms with E-state index in [9.17, 15) is 12.8 Å². The van der Waals surface area contributed by atoms with Crippen molar-refractivity contribution in [3.8, 4) is 0 Å². The summed E-state index contributed by atoms with van der Waals surface area (Å²) in [6, 6.07) is 10.6. The molecule has 0 aliphatic heterocycles. The van der Waals surface area contributed by atoms with Crippen LogP contribution in [0.2, 0.25) is 0 Å². The van der Waals surface area contributed by atoms with Gasteiger partial charge in [-0.2, -0.15) is 0 Å². The number of halogens is 2. The van der Waals surface area contributed by atoms with Crippen molar-refractivity contribution < 1.29 is 12.8 Å². The number of benzene rings is 2. The summed E-state index contributed by atoms with van der Waals surface area (Å²) in [6.07, 6.45) is 0. The van der Waals surface area contributed by atoms with Gasteiger partial charge in [0.2, 0.25) is 10.0 Å². The number of nitrogens with two attached hydrogens (primary N) is 1. The molecule has 0 atom stereocenters. The van der Waals surface area contributed by atoms with Gasteiger partial charge in [0.25, 0.3) is 0 Å². The summed E-state index contributed by atoms with van der Waals surface area (Å²) in [7, 11) is -3.60.